The van der Waals surface area contributed by atoms with Crippen LogP contribution in [0.1, 0.15) is 27.7 Å². The third kappa shape index (κ3) is 4.78. The summed E-state index contributed by atoms with van der Waals surface area (Å²) in [6.07, 6.45) is 5.07. The zero-order valence-corrected chi connectivity index (χ0v) is 18.3. The number of nitrogens with zero attached hydrogens (tertiary/aromatic N) is 1. The second-order valence-electron chi connectivity index (χ2n) is 7.17. The molecule has 4 rings (SSSR count). The minimum Gasteiger partial charge on any atom is -0.486 e. The maximum Gasteiger partial charge on any atom is 0.244 e. The first kappa shape index (κ1) is 21.1. The molecular weight excluding hydrogens is 434 g/mol. The number of carbonyl (C=O) groups is 2. The smallest absolute Gasteiger partial charge is 0.244 e. The Morgan fingerprint density at radius 3 is 2.94 bits per heavy atom. The number of fused-ring (bicyclic) bond motifs is 1. The molecule has 1 amide bonds. The topological polar surface area (TPSA) is 94.3 Å². The third-order valence-corrected chi connectivity index (χ3v) is 6.40. The van der Waals surface area contributed by atoms with Crippen molar-refractivity contribution in [3.8, 4) is 16.2 Å². The lowest BCUT2D eigenvalue weighted by atomic mass is 10.1. The number of benzene rings is 1. The van der Waals surface area contributed by atoms with Crippen molar-refractivity contribution in [3.05, 3.63) is 69.7 Å². The van der Waals surface area contributed by atoms with Crippen LogP contribution in [0.25, 0.3) is 16.5 Å². The number of halogens is 1. The zero-order chi connectivity index (χ0) is 22.0. The lowest BCUT2D eigenvalue weighted by molar-refractivity contribution is -0.116. The summed E-state index contributed by atoms with van der Waals surface area (Å²) in [7, 11) is 0. The number of nitrogen functional groups attached to an aromatic ring is 1. The van der Waals surface area contributed by atoms with Crippen molar-refractivity contribution in [2.45, 2.75) is 19.4 Å². The van der Waals surface area contributed by atoms with Crippen molar-refractivity contribution < 1.29 is 14.3 Å². The average Bonchev–Trinajstić information content (AvgIpc) is 3.39. The molecule has 0 bridgehead atoms. The van der Waals surface area contributed by atoms with Gasteiger partial charge in [0.25, 0.3) is 0 Å². The lowest BCUT2D eigenvalue weighted by Gasteiger charge is -2.11. The van der Waals surface area contributed by atoms with Gasteiger partial charge in [-0.25, -0.2) is 4.98 Å². The Kier molecular flexibility index (Phi) is 6.06. The van der Waals surface area contributed by atoms with Crippen molar-refractivity contribution in [1.82, 2.24) is 10.3 Å². The molecule has 0 spiro atoms. The molecule has 0 radical (unpaired) electrons. The number of ketones is 1. The SMILES string of the molecule is CC(=O)c1ccc(-c2cc(Cl)c3c(c2)CC(CNC(=O)C=Cc2cccnc2N)O3)s1. The van der Waals surface area contributed by atoms with Crippen molar-refractivity contribution in [2.24, 2.45) is 0 Å². The number of anilines is 1. The van der Waals surface area contributed by atoms with Crippen LogP contribution in [0.3, 0.4) is 0 Å². The summed E-state index contributed by atoms with van der Waals surface area (Å²) in [5, 5.41) is 3.36. The van der Waals surface area contributed by atoms with E-state index in [-0.39, 0.29) is 17.8 Å². The van der Waals surface area contributed by atoms with Crippen molar-refractivity contribution >= 4 is 46.5 Å². The van der Waals surface area contributed by atoms with Gasteiger partial charge in [0.2, 0.25) is 5.91 Å². The number of aromatic nitrogens is 1. The van der Waals surface area contributed by atoms with Crippen LogP contribution in [-0.2, 0) is 11.2 Å². The summed E-state index contributed by atoms with van der Waals surface area (Å²) in [5.74, 6) is 0.812. The van der Waals surface area contributed by atoms with Gasteiger partial charge in [-0.05, 0) is 55.0 Å². The summed E-state index contributed by atoms with van der Waals surface area (Å²) >= 11 is 7.89. The van der Waals surface area contributed by atoms with Crippen LogP contribution < -0.4 is 15.8 Å². The fourth-order valence-corrected chi connectivity index (χ4v) is 4.51. The van der Waals surface area contributed by atoms with E-state index in [1.165, 1.54) is 17.4 Å². The van der Waals surface area contributed by atoms with E-state index in [1.807, 2.05) is 24.3 Å². The number of hydrogen-bond donors (Lipinski definition) is 2. The number of hydrogen-bond acceptors (Lipinski definition) is 6. The summed E-state index contributed by atoms with van der Waals surface area (Å²) in [6.45, 7) is 1.90. The number of ether oxygens (including phenoxy) is 1. The van der Waals surface area contributed by atoms with E-state index >= 15 is 0 Å². The van der Waals surface area contributed by atoms with Gasteiger partial charge in [0.1, 0.15) is 17.7 Å². The largest absolute Gasteiger partial charge is 0.486 e. The Hall–Kier alpha value is -3.16. The standard InChI is InChI=1S/C23H20ClN3O3S/c1-13(28)19-5-6-20(31-19)15-9-16-10-17(30-22(16)18(24)11-15)12-27-21(29)7-4-14-3-2-8-26-23(14)25/h2-9,11,17H,10,12H2,1H3,(H2,25,26)(H,27,29). The van der Waals surface area contributed by atoms with Crippen molar-refractivity contribution in [3.63, 3.8) is 0 Å². The van der Waals surface area contributed by atoms with E-state index in [0.717, 1.165) is 16.0 Å². The molecule has 0 saturated heterocycles. The summed E-state index contributed by atoms with van der Waals surface area (Å²) in [5.41, 5.74) is 8.39. The molecule has 1 aliphatic heterocycles. The monoisotopic (exact) mass is 453 g/mol. The number of amides is 1. The van der Waals surface area contributed by atoms with E-state index in [2.05, 4.69) is 10.3 Å². The third-order valence-electron chi connectivity index (χ3n) is 4.88. The highest BCUT2D eigenvalue weighted by molar-refractivity contribution is 7.17. The van der Waals surface area contributed by atoms with Crippen LogP contribution in [-0.4, -0.2) is 29.3 Å². The molecule has 1 atom stereocenters. The molecule has 1 unspecified atom stereocenters. The predicted octanol–water partition coefficient (Wildman–Crippen LogP) is 4.38. The van der Waals surface area contributed by atoms with Gasteiger partial charge in [0.15, 0.2) is 5.78 Å². The molecule has 0 saturated carbocycles. The van der Waals surface area contributed by atoms with Gasteiger partial charge in [-0.15, -0.1) is 11.3 Å². The quantitative estimate of drug-likeness (QED) is 0.426. The van der Waals surface area contributed by atoms with Crippen LogP contribution in [0, 0.1) is 0 Å². The first-order valence-electron chi connectivity index (χ1n) is 9.67. The molecule has 2 aromatic heterocycles. The number of Topliss-reactive ketones (excluding diaryl/α,β-unsaturated/α-hetero) is 1. The molecule has 6 nitrogen and oxygen atoms in total. The number of carbonyl (C=O) groups excluding carboxylic acids is 2. The lowest BCUT2D eigenvalue weighted by Crippen LogP contribution is -2.33. The van der Waals surface area contributed by atoms with Crippen molar-refractivity contribution in [2.75, 3.05) is 12.3 Å². The maximum atomic E-state index is 12.2. The van der Waals surface area contributed by atoms with Crippen molar-refractivity contribution in [1.29, 1.82) is 0 Å². The molecule has 1 aromatic carbocycles. The van der Waals surface area contributed by atoms with Crippen LogP contribution in [0.5, 0.6) is 5.75 Å². The van der Waals surface area contributed by atoms with Gasteiger partial charge in [-0.3, -0.25) is 9.59 Å². The number of rotatable bonds is 6. The molecule has 0 fully saturated rings. The van der Waals surface area contributed by atoms with E-state index in [1.54, 1.807) is 31.3 Å². The molecule has 3 aromatic rings. The maximum absolute atomic E-state index is 12.2. The molecule has 3 N–H and O–H groups in total. The fraction of sp³-hybridized carbons (Fsp3) is 0.174. The van der Waals surface area contributed by atoms with E-state index in [4.69, 9.17) is 22.1 Å². The minimum absolute atomic E-state index is 0.0444. The van der Waals surface area contributed by atoms with Crippen LogP contribution in [0.2, 0.25) is 5.02 Å². The molecular formula is C23H20ClN3O3S. The first-order chi connectivity index (χ1) is 14.9. The van der Waals surface area contributed by atoms with Crippen LogP contribution in [0.4, 0.5) is 5.82 Å². The van der Waals surface area contributed by atoms with E-state index in [0.29, 0.717) is 40.0 Å². The summed E-state index contributed by atoms with van der Waals surface area (Å²) in [6, 6.07) is 11.2. The number of pyridine rings is 1. The second-order valence-corrected chi connectivity index (χ2v) is 8.66. The second kappa shape index (κ2) is 8.91. The molecule has 3 heterocycles. The Morgan fingerprint density at radius 1 is 1.35 bits per heavy atom. The Labute approximate surface area is 188 Å². The van der Waals surface area contributed by atoms with Gasteiger partial charge in [0, 0.05) is 34.7 Å². The highest BCUT2D eigenvalue weighted by Gasteiger charge is 2.26. The van der Waals surface area contributed by atoms with Crippen LogP contribution >= 0.6 is 22.9 Å². The zero-order valence-electron chi connectivity index (χ0n) is 16.7. The Balaban J connectivity index is 1.39. The van der Waals surface area contributed by atoms with Gasteiger partial charge in [-0.2, -0.15) is 0 Å². The molecule has 31 heavy (non-hydrogen) atoms. The number of nitrogens with one attached hydrogen (secondary N) is 1. The van der Waals surface area contributed by atoms with Gasteiger partial charge in [-0.1, -0.05) is 11.6 Å². The Bertz CT molecular complexity index is 1190. The van der Waals surface area contributed by atoms with E-state index in [9.17, 15) is 9.59 Å². The first-order valence-corrected chi connectivity index (χ1v) is 10.9. The minimum atomic E-state index is -0.245. The Morgan fingerprint density at radius 2 is 2.19 bits per heavy atom. The number of thiophene rings is 1. The number of nitrogens with two attached hydrogens (primary N) is 1. The average molecular weight is 454 g/mol. The molecule has 1 aliphatic rings. The van der Waals surface area contributed by atoms with Gasteiger partial charge < -0.3 is 15.8 Å². The predicted molar refractivity (Wildman–Crippen MR) is 124 cm³/mol. The summed E-state index contributed by atoms with van der Waals surface area (Å²) < 4.78 is 5.95. The highest BCUT2D eigenvalue weighted by atomic mass is 35.5. The van der Waals surface area contributed by atoms with Gasteiger partial charge >= 0.3 is 0 Å². The van der Waals surface area contributed by atoms with Crippen LogP contribution in [0.15, 0.2) is 48.7 Å². The normalized spacial score (nSPS) is 15.0. The van der Waals surface area contributed by atoms with E-state index < -0.39 is 0 Å². The fourth-order valence-electron chi connectivity index (χ4n) is 3.34. The molecule has 8 heteroatoms. The summed E-state index contributed by atoms with van der Waals surface area (Å²) in [4.78, 5) is 29.4. The van der Waals surface area contributed by atoms with Gasteiger partial charge in [0.05, 0.1) is 16.4 Å². The molecule has 158 valence electrons. The highest BCUT2D eigenvalue weighted by Crippen LogP contribution is 2.41. The molecule has 0 aliphatic carbocycles.